The zero-order valence-electron chi connectivity index (χ0n) is 13.8. The van der Waals surface area contributed by atoms with E-state index in [1.165, 1.54) is 0 Å². The van der Waals surface area contributed by atoms with Crippen LogP contribution in [0.25, 0.3) is 10.2 Å². The van der Waals surface area contributed by atoms with Crippen molar-refractivity contribution in [1.29, 1.82) is 0 Å². The monoisotopic (exact) mass is 358 g/mol. The average Bonchev–Trinajstić information content (AvgIpc) is 2.90. The van der Waals surface area contributed by atoms with E-state index in [1.54, 1.807) is 16.2 Å². The first-order valence-electron chi connectivity index (χ1n) is 8.59. The Kier molecular flexibility index (Phi) is 3.10. The third kappa shape index (κ3) is 2.16. The van der Waals surface area contributed by atoms with Crippen LogP contribution in [0, 0.1) is 17.8 Å². The first-order chi connectivity index (χ1) is 12.0. The molecule has 4 atom stereocenters. The van der Waals surface area contributed by atoms with Crippen LogP contribution in [-0.4, -0.2) is 46.1 Å². The second-order valence-electron chi connectivity index (χ2n) is 7.21. The number of anilines is 2. The number of carbonyl (C=O) groups is 2. The first kappa shape index (κ1) is 15.1. The van der Waals surface area contributed by atoms with Gasteiger partial charge in [-0.05, 0) is 36.6 Å². The number of carbonyl (C=O) groups excluding carboxylic acids is 1. The number of hydrogen-bond acceptors (Lipinski definition) is 6. The van der Waals surface area contributed by atoms with Crippen molar-refractivity contribution in [3.8, 4) is 0 Å². The predicted octanol–water partition coefficient (Wildman–Crippen LogP) is 1.97. The minimum Gasteiger partial charge on any atom is -0.481 e. The molecule has 4 heterocycles. The molecular weight excluding hydrogens is 340 g/mol. The smallest absolute Gasteiger partial charge is 0.303 e. The number of carboxylic acids is 1. The molecule has 1 N–H and O–H groups in total. The van der Waals surface area contributed by atoms with Gasteiger partial charge in [0.1, 0.15) is 0 Å². The van der Waals surface area contributed by atoms with Gasteiger partial charge in [0.25, 0.3) is 0 Å². The van der Waals surface area contributed by atoms with Gasteiger partial charge in [-0.2, -0.15) is 4.98 Å². The van der Waals surface area contributed by atoms with E-state index in [0.717, 1.165) is 23.2 Å². The molecule has 3 fully saturated rings. The van der Waals surface area contributed by atoms with E-state index in [1.807, 2.05) is 11.4 Å². The summed E-state index contributed by atoms with van der Waals surface area (Å²) in [6.07, 6.45) is 1.22. The largest absolute Gasteiger partial charge is 0.481 e. The minimum absolute atomic E-state index is 0.00297. The maximum absolute atomic E-state index is 12.8. The van der Waals surface area contributed by atoms with Gasteiger partial charge in [-0.3, -0.25) is 14.5 Å². The summed E-state index contributed by atoms with van der Waals surface area (Å²) in [4.78, 5) is 37.0. The fourth-order valence-corrected chi connectivity index (χ4v) is 5.00. The van der Waals surface area contributed by atoms with E-state index in [2.05, 4.69) is 16.8 Å². The quantitative estimate of drug-likeness (QED) is 0.899. The van der Waals surface area contributed by atoms with E-state index >= 15 is 0 Å². The second kappa shape index (κ2) is 5.14. The minimum atomic E-state index is -0.824. The zero-order chi connectivity index (χ0) is 17.3. The first-order valence-corrected chi connectivity index (χ1v) is 9.47. The Morgan fingerprint density at radius 1 is 1.44 bits per heavy atom. The Morgan fingerprint density at radius 2 is 2.28 bits per heavy atom. The van der Waals surface area contributed by atoms with Crippen molar-refractivity contribution in [3.63, 3.8) is 0 Å². The van der Waals surface area contributed by atoms with Crippen molar-refractivity contribution in [1.82, 2.24) is 9.97 Å². The van der Waals surface area contributed by atoms with Crippen molar-refractivity contribution in [2.24, 2.45) is 17.8 Å². The van der Waals surface area contributed by atoms with Crippen LogP contribution in [0.2, 0.25) is 0 Å². The highest BCUT2D eigenvalue weighted by Gasteiger charge is 2.62. The Balaban J connectivity index is 1.48. The highest BCUT2D eigenvalue weighted by molar-refractivity contribution is 7.17. The van der Waals surface area contributed by atoms with Crippen molar-refractivity contribution in [2.75, 3.05) is 22.9 Å². The molecule has 0 radical (unpaired) electrons. The summed E-state index contributed by atoms with van der Waals surface area (Å²) in [6.45, 7) is 3.66. The molecule has 1 aliphatic carbocycles. The lowest BCUT2D eigenvalue weighted by Crippen LogP contribution is -2.47. The summed E-state index contributed by atoms with van der Waals surface area (Å²) >= 11 is 1.55. The van der Waals surface area contributed by atoms with Crippen LogP contribution in [0.5, 0.6) is 0 Å². The number of amides is 1. The number of thiophene rings is 1. The standard InChI is InChI=1S/C17H18N4O3S/c1-8-2-4-20(8)17-18-11-3-5-25-14(11)15(19-17)21-7-10-9(6-12(22)23)13(10)16(21)24/h3,5,8-10,13H,2,4,6-7H2,1H3,(H,22,23)/t8-,9?,10?,13?/m0/s1. The molecule has 5 rings (SSSR count). The van der Waals surface area contributed by atoms with Crippen LogP contribution < -0.4 is 9.80 Å². The average molecular weight is 358 g/mol. The predicted molar refractivity (Wildman–Crippen MR) is 93.9 cm³/mol. The number of rotatable bonds is 4. The lowest BCUT2D eigenvalue weighted by atomic mass is 10.1. The SMILES string of the molecule is C[C@H]1CCN1c1nc(N2CC3C(CC(=O)O)C3C2=O)c2sccc2n1. The maximum Gasteiger partial charge on any atom is 0.303 e. The summed E-state index contributed by atoms with van der Waals surface area (Å²) in [6, 6.07) is 2.39. The highest BCUT2D eigenvalue weighted by Crippen LogP contribution is 2.55. The van der Waals surface area contributed by atoms with Crippen molar-refractivity contribution < 1.29 is 14.7 Å². The fraction of sp³-hybridized carbons (Fsp3) is 0.529. The molecule has 3 aliphatic rings. The molecule has 1 amide bonds. The molecule has 130 valence electrons. The Morgan fingerprint density at radius 3 is 2.88 bits per heavy atom. The van der Waals surface area contributed by atoms with E-state index in [4.69, 9.17) is 10.1 Å². The summed E-state index contributed by atoms with van der Waals surface area (Å²) < 4.78 is 0.932. The van der Waals surface area contributed by atoms with Crippen LogP contribution in [0.4, 0.5) is 11.8 Å². The second-order valence-corrected chi connectivity index (χ2v) is 8.13. The third-order valence-corrected chi connectivity index (χ3v) is 6.69. The normalized spacial score (nSPS) is 30.5. The molecular formula is C17H18N4O3S. The van der Waals surface area contributed by atoms with Gasteiger partial charge >= 0.3 is 5.97 Å². The number of piperidine rings is 1. The lowest BCUT2D eigenvalue weighted by molar-refractivity contribution is -0.137. The summed E-state index contributed by atoms with van der Waals surface area (Å²) in [7, 11) is 0. The van der Waals surface area contributed by atoms with Gasteiger partial charge in [-0.25, -0.2) is 4.98 Å². The third-order valence-electron chi connectivity index (χ3n) is 5.79. The Labute approximate surface area is 148 Å². The molecule has 2 aliphatic heterocycles. The number of aliphatic carboxylic acids is 1. The van der Waals surface area contributed by atoms with E-state index in [-0.39, 0.29) is 30.1 Å². The molecule has 0 aromatic carbocycles. The van der Waals surface area contributed by atoms with Gasteiger partial charge in [0.15, 0.2) is 5.82 Å². The van der Waals surface area contributed by atoms with Crippen molar-refractivity contribution in [3.05, 3.63) is 11.4 Å². The molecule has 1 saturated carbocycles. The Bertz CT molecular complexity index is 897. The molecule has 7 nitrogen and oxygen atoms in total. The molecule has 25 heavy (non-hydrogen) atoms. The number of nitrogens with zero attached hydrogens (tertiary/aromatic N) is 4. The van der Waals surface area contributed by atoms with Gasteiger partial charge < -0.3 is 10.0 Å². The number of carboxylic acid groups (broad SMARTS) is 1. The molecule has 8 heteroatoms. The van der Waals surface area contributed by atoms with Crippen LogP contribution in [0.1, 0.15) is 19.8 Å². The van der Waals surface area contributed by atoms with Crippen molar-refractivity contribution >= 4 is 45.2 Å². The lowest BCUT2D eigenvalue weighted by Gasteiger charge is -2.39. The molecule has 2 aromatic rings. The fourth-order valence-electron chi connectivity index (χ4n) is 4.17. The van der Waals surface area contributed by atoms with Crippen LogP contribution in [0.15, 0.2) is 11.4 Å². The van der Waals surface area contributed by atoms with Crippen LogP contribution in [0.3, 0.4) is 0 Å². The van der Waals surface area contributed by atoms with Gasteiger partial charge in [0.05, 0.1) is 10.2 Å². The molecule has 0 spiro atoms. The molecule has 2 aromatic heterocycles. The van der Waals surface area contributed by atoms with Gasteiger partial charge in [-0.15, -0.1) is 11.3 Å². The van der Waals surface area contributed by atoms with E-state index in [9.17, 15) is 9.59 Å². The summed E-state index contributed by atoms with van der Waals surface area (Å²) in [5.74, 6) is 0.586. The van der Waals surface area contributed by atoms with Crippen LogP contribution >= 0.6 is 11.3 Å². The molecule has 2 saturated heterocycles. The van der Waals surface area contributed by atoms with Gasteiger partial charge in [0, 0.05) is 31.5 Å². The number of hydrogen-bond donors (Lipinski definition) is 1. The topological polar surface area (TPSA) is 86.6 Å². The van der Waals surface area contributed by atoms with Crippen molar-refractivity contribution in [2.45, 2.75) is 25.8 Å². The number of fused-ring (bicyclic) bond motifs is 2. The summed E-state index contributed by atoms with van der Waals surface area (Å²) in [5, 5.41) is 10.9. The van der Waals surface area contributed by atoms with Crippen LogP contribution in [-0.2, 0) is 9.59 Å². The van der Waals surface area contributed by atoms with E-state index in [0.29, 0.717) is 24.4 Å². The molecule has 3 unspecified atom stereocenters. The molecule has 0 bridgehead atoms. The Hall–Kier alpha value is -2.22. The highest BCUT2D eigenvalue weighted by atomic mass is 32.1. The zero-order valence-corrected chi connectivity index (χ0v) is 14.6. The maximum atomic E-state index is 12.8. The van der Waals surface area contributed by atoms with Gasteiger partial charge in [-0.1, -0.05) is 0 Å². The summed E-state index contributed by atoms with van der Waals surface area (Å²) in [5.41, 5.74) is 0.875. The number of aromatic nitrogens is 2. The van der Waals surface area contributed by atoms with E-state index < -0.39 is 5.97 Å². The van der Waals surface area contributed by atoms with Gasteiger partial charge in [0.2, 0.25) is 11.9 Å².